The summed E-state index contributed by atoms with van der Waals surface area (Å²) < 4.78 is 10.1. The number of carbonyl (C=O) groups is 2. The fraction of sp³-hybridized carbons (Fsp3) is 0.318. The van der Waals surface area contributed by atoms with Crippen LogP contribution in [0, 0.1) is 10.1 Å². The Bertz CT molecular complexity index is 1070. The Kier molecular flexibility index (Phi) is 7.78. The first-order valence-electron chi connectivity index (χ1n) is 10.3. The highest BCUT2D eigenvalue weighted by Crippen LogP contribution is 2.30. The Hall–Kier alpha value is -3.73. The zero-order valence-electron chi connectivity index (χ0n) is 18.3. The van der Waals surface area contributed by atoms with E-state index in [4.69, 9.17) is 21.7 Å². The molecule has 2 aromatic rings. The number of amides is 1. The van der Waals surface area contributed by atoms with Crippen LogP contribution in [0.25, 0.3) is 0 Å². The van der Waals surface area contributed by atoms with Crippen LogP contribution in [0.5, 0.6) is 5.75 Å². The molecule has 0 saturated carbocycles. The van der Waals surface area contributed by atoms with Gasteiger partial charge in [0.05, 0.1) is 29.8 Å². The summed E-state index contributed by atoms with van der Waals surface area (Å²) in [5.41, 5.74) is 0.752. The third-order valence-corrected chi connectivity index (χ3v) is 5.52. The molecule has 10 nitrogen and oxygen atoms in total. The van der Waals surface area contributed by atoms with E-state index in [1.807, 2.05) is 9.80 Å². The van der Waals surface area contributed by atoms with E-state index in [2.05, 4.69) is 5.32 Å². The van der Waals surface area contributed by atoms with Crippen molar-refractivity contribution in [2.45, 2.75) is 6.92 Å². The SMILES string of the molecule is CCOC(=O)c1ccc(N2CCN(C(=S)NC(=O)c3ccccc3OC)CC2)c([N+](=O)[O-])c1. The monoisotopic (exact) mass is 472 g/mol. The van der Waals surface area contributed by atoms with Crippen molar-refractivity contribution in [3.05, 3.63) is 63.7 Å². The van der Waals surface area contributed by atoms with E-state index >= 15 is 0 Å². The molecule has 0 radical (unpaired) electrons. The molecule has 11 heteroatoms. The Morgan fingerprint density at radius 2 is 1.85 bits per heavy atom. The van der Waals surface area contributed by atoms with E-state index in [0.29, 0.717) is 43.2 Å². The maximum Gasteiger partial charge on any atom is 0.338 e. The van der Waals surface area contributed by atoms with Crippen LogP contribution in [0.15, 0.2) is 42.5 Å². The number of piperazine rings is 1. The average Bonchev–Trinajstić information content (AvgIpc) is 2.83. The Morgan fingerprint density at radius 3 is 2.48 bits per heavy atom. The highest BCUT2D eigenvalue weighted by Gasteiger charge is 2.27. The number of para-hydroxylation sites is 1. The highest BCUT2D eigenvalue weighted by molar-refractivity contribution is 7.80. The van der Waals surface area contributed by atoms with Crippen molar-refractivity contribution >= 4 is 40.6 Å². The molecule has 1 heterocycles. The number of esters is 1. The minimum atomic E-state index is -0.604. The second-order valence-corrected chi connectivity index (χ2v) is 7.50. The minimum absolute atomic E-state index is 0.131. The zero-order valence-corrected chi connectivity index (χ0v) is 19.1. The molecule has 0 aromatic heterocycles. The Balaban J connectivity index is 1.65. The summed E-state index contributed by atoms with van der Waals surface area (Å²) in [5.74, 6) is -0.528. The molecule has 3 rings (SSSR count). The number of nitrogens with one attached hydrogen (secondary N) is 1. The smallest absolute Gasteiger partial charge is 0.338 e. The van der Waals surface area contributed by atoms with E-state index in [9.17, 15) is 19.7 Å². The zero-order chi connectivity index (χ0) is 24.0. The summed E-state index contributed by atoms with van der Waals surface area (Å²) in [7, 11) is 1.49. The lowest BCUT2D eigenvalue weighted by Gasteiger charge is -2.37. The number of benzene rings is 2. The van der Waals surface area contributed by atoms with Gasteiger partial charge in [0.2, 0.25) is 0 Å². The van der Waals surface area contributed by atoms with Gasteiger partial charge in [-0.3, -0.25) is 20.2 Å². The van der Waals surface area contributed by atoms with Crippen molar-refractivity contribution in [3.8, 4) is 5.75 Å². The normalized spacial score (nSPS) is 13.3. The van der Waals surface area contributed by atoms with Gasteiger partial charge in [0.15, 0.2) is 5.11 Å². The van der Waals surface area contributed by atoms with Gasteiger partial charge < -0.3 is 19.3 Å². The molecule has 1 amide bonds. The summed E-state index contributed by atoms with van der Waals surface area (Å²) in [5, 5.41) is 14.6. The number of thiocarbonyl (C=S) groups is 1. The first kappa shape index (κ1) is 23.9. The topological polar surface area (TPSA) is 114 Å². The molecule has 174 valence electrons. The van der Waals surface area contributed by atoms with E-state index < -0.39 is 10.9 Å². The second kappa shape index (κ2) is 10.7. The lowest BCUT2D eigenvalue weighted by atomic mass is 10.1. The van der Waals surface area contributed by atoms with Crippen molar-refractivity contribution in [1.82, 2.24) is 10.2 Å². The molecule has 1 aliphatic heterocycles. The molecule has 1 N–H and O–H groups in total. The van der Waals surface area contributed by atoms with E-state index in [1.165, 1.54) is 19.2 Å². The number of rotatable bonds is 6. The van der Waals surface area contributed by atoms with Crippen molar-refractivity contribution in [3.63, 3.8) is 0 Å². The van der Waals surface area contributed by atoms with Crippen LogP contribution in [0.2, 0.25) is 0 Å². The fourth-order valence-corrected chi connectivity index (χ4v) is 3.78. The number of methoxy groups -OCH3 is 1. The molecule has 1 fully saturated rings. The Morgan fingerprint density at radius 1 is 1.15 bits per heavy atom. The third kappa shape index (κ3) is 5.55. The van der Waals surface area contributed by atoms with Crippen LogP contribution in [0.3, 0.4) is 0 Å². The molecule has 1 saturated heterocycles. The summed E-state index contributed by atoms with van der Waals surface area (Å²) in [4.78, 5) is 39.3. The number of nitro groups is 1. The molecule has 1 aliphatic rings. The largest absolute Gasteiger partial charge is 0.496 e. The van der Waals surface area contributed by atoms with Crippen LogP contribution < -0.4 is 15.0 Å². The molecule has 0 bridgehead atoms. The van der Waals surface area contributed by atoms with Crippen molar-refractivity contribution in [2.24, 2.45) is 0 Å². The van der Waals surface area contributed by atoms with Gasteiger partial charge in [-0.1, -0.05) is 12.1 Å². The highest BCUT2D eigenvalue weighted by atomic mass is 32.1. The first-order chi connectivity index (χ1) is 15.8. The van der Waals surface area contributed by atoms with Gasteiger partial charge in [0.1, 0.15) is 11.4 Å². The number of hydrogen-bond acceptors (Lipinski definition) is 8. The first-order valence-corrected chi connectivity index (χ1v) is 10.7. The van der Waals surface area contributed by atoms with Gasteiger partial charge in [-0.25, -0.2) is 4.79 Å². The number of carbonyl (C=O) groups excluding carboxylic acids is 2. The minimum Gasteiger partial charge on any atom is -0.496 e. The standard InChI is InChI=1S/C22H24N4O6S/c1-3-32-21(28)15-8-9-17(18(14-15)26(29)30)24-10-12-25(13-11-24)22(33)23-20(27)16-6-4-5-7-19(16)31-2/h4-9,14H,3,10-13H2,1-2H3,(H,23,27,33). The molecule has 0 spiro atoms. The molecule has 0 atom stereocenters. The predicted molar refractivity (Wildman–Crippen MR) is 126 cm³/mol. The van der Waals surface area contributed by atoms with Gasteiger partial charge >= 0.3 is 5.97 Å². The van der Waals surface area contributed by atoms with Crippen LogP contribution in [0.4, 0.5) is 11.4 Å². The fourth-order valence-electron chi connectivity index (χ4n) is 3.50. The molecule has 33 heavy (non-hydrogen) atoms. The maximum absolute atomic E-state index is 12.6. The van der Waals surface area contributed by atoms with Crippen LogP contribution in [0.1, 0.15) is 27.6 Å². The van der Waals surface area contributed by atoms with Gasteiger partial charge in [0, 0.05) is 32.2 Å². The molecule has 0 aliphatic carbocycles. The van der Waals surface area contributed by atoms with Crippen molar-refractivity contribution in [1.29, 1.82) is 0 Å². The summed E-state index contributed by atoms with van der Waals surface area (Å²) >= 11 is 5.40. The molecular weight excluding hydrogens is 448 g/mol. The van der Waals surface area contributed by atoms with Crippen LogP contribution in [-0.2, 0) is 4.74 Å². The maximum atomic E-state index is 12.6. The molecule has 2 aromatic carbocycles. The van der Waals surface area contributed by atoms with Gasteiger partial charge in [-0.05, 0) is 43.4 Å². The summed E-state index contributed by atoms with van der Waals surface area (Å²) in [6.07, 6.45) is 0. The van der Waals surface area contributed by atoms with Gasteiger partial charge in [-0.2, -0.15) is 0 Å². The van der Waals surface area contributed by atoms with Gasteiger partial charge in [0.25, 0.3) is 11.6 Å². The Labute approximate surface area is 196 Å². The van der Waals surface area contributed by atoms with Crippen molar-refractivity contribution in [2.75, 3.05) is 44.8 Å². The van der Waals surface area contributed by atoms with Gasteiger partial charge in [-0.15, -0.1) is 0 Å². The number of ether oxygens (including phenoxy) is 2. The number of hydrogen-bond donors (Lipinski definition) is 1. The predicted octanol–water partition coefficient (Wildman–Crippen LogP) is 2.62. The summed E-state index contributed by atoms with van der Waals surface area (Å²) in [6.45, 7) is 3.67. The molecular formula is C22H24N4O6S. The van der Waals surface area contributed by atoms with E-state index in [0.717, 1.165) is 0 Å². The number of nitrogens with zero attached hydrogens (tertiary/aromatic N) is 3. The lowest BCUT2D eigenvalue weighted by Crippen LogP contribution is -2.52. The number of nitro benzene ring substituents is 1. The third-order valence-electron chi connectivity index (χ3n) is 5.16. The molecule has 0 unspecified atom stereocenters. The average molecular weight is 473 g/mol. The van der Waals surface area contributed by atoms with E-state index in [-0.39, 0.29) is 28.9 Å². The van der Waals surface area contributed by atoms with Crippen LogP contribution in [-0.4, -0.2) is 66.7 Å². The van der Waals surface area contributed by atoms with Crippen molar-refractivity contribution < 1.29 is 24.0 Å². The van der Waals surface area contributed by atoms with E-state index in [1.54, 1.807) is 37.3 Å². The lowest BCUT2D eigenvalue weighted by molar-refractivity contribution is -0.384. The van der Waals surface area contributed by atoms with Crippen LogP contribution >= 0.6 is 12.2 Å². The second-order valence-electron chi connectivity index (χ2n) is 7.11. The number of anilines is 1. The summed E-state index contributed by atoms with van der Waals surface area (Å²) in [6, 6.07) is 11.2. The quantitative estimate of drug-likeness (QED) is 0.293.